The number of rotatable bonds is 5. The zero-order chi connectivity index (χ0) is 8.04. The quantitative estimate of drug-likeness (QED) is 0.496. The average Bonchev–Trinajstić information content (AvgIpc) is 1.84. The second-order valence-electron chi connectivity index (χ2n) is 1.88. The van der Waals surface area contributed by atoms with Crippen LogP contribution in [0.3, 0.4) is 0 Å². The minimum Gasteiger partial charge on any atom is -0.271 e. The first-order valence-electron chi connectivity index (χ1n) is 2.99. The molecule has 1 N–H and O–H groups in total. The first-order chi connectivity index (χ1) is 4.62. The van der Waals surface area contributed by atoms with E-state index in [1.165, 1.54) is 0 Å². The highest BCUT2D eigenvalue weighted by atomic mass is 32.2. The summed E-state index contributed by atoms with van der Waals surface area (Å²) in [6.45, 7) is 1.93. The van der Waals surface area contributed by atoms with E-state index in [-0.39, 0.29) is 5.75 Å². The number of sulfonamides is 1. The van der Waals surface area contributed by atoms with Crippen LogP contribution in [0.15, 0.2) is 0 Å². The molecule has 0 aliphatic rings. The van der Waals surface area contributed by atoms with Gasteiger partial charge in [-0.3, -0.25) is 4.72 Å². The maximum atomic E-state index is 10.7. The molecule has 0 amide bonds. The lowest BCUT2D eigenvalue weighted by Gasteiger charge is -1.98. The van der Waals surface area contributed by atoms with Gasteiger partial charge in [0.05, 0.1) is 5.75 Å². The highest BCUT2D eigenvalue weighted by molar-refractivity contribution is 7.91. The van der Waals surface area contributed by atoms with Crippen molar-refractivity contribution < 1.29 is 8.42 Å². The minimum atomic E-state index is -3.16. The summed E-state index contributed by atoms with van der Waals surface area (Å²) in [5, 5.41) is 0. The Morgan fingerprint density at radius 3 is 2.60 bits per heavy atom. The van der Waals surface area contributed by atoms with Crippen LogP contribution in [0.1, 0.15) is 19.8 Å². The number of hydrogen-bond acceptors (Lipinski definition) is 3. The molecule has 0 heterocycles. The van der Waals surface area contributed by atoms with Crippen molar-refractivity contribution in [1.82, 2.24) is 4.72 Å². The Labute approximate surface area is 66.9 Å². The third-order valence-corrected chi connectivity index (χ3v) is 2.43. The lowest BCUT2D eigenvalue weighted by atomic mass is 10.4. The number of unbranched alkanes of at least 4 members (excludes halogenated alkanes) is 1. The summed E-state index contributed by atoms with van der Waals surface area (Å²) in [4.78, 5) is 0. The molecule has 0 aromatic rings. The van der Waals surface area contributed by atoms with Crippen molar-refractivity contribution in [1.29, 1.82) is 0 Å². The predicted octanol–water partition coefficient (Wildman–Crippen LogP) is 0.540. The Morgan fingerprint density at radius 2 is 2.20 bits per heavy atom. The van der Waals surface area contributed by atoms with Gasteiger partial charge in [0.15, 0.2) is 0 Å². The summed E-state index contributed by atoms with van der Waals surface area (Å²) in [5.41, 5.74) is 1.96. The van der Waals surface area contributed by atoms with E-state index in [2.05, 4.69) is 12.2 Å². The smallest absolute Gasteiger partial charge is 0.233 e. The molecule has 0 aromatic carbocycles. The normalized spacial score (nSPS) is 10.9. The Bertz CT molecular complexity index is 186. The molecule has 0 aliphatic carbocycles. The first kappa shape index (κ1) is 9.84. The number of nitrogens with one attached hydrogen (secondary N) is 1. The van der Waals surface area contributed by atoms with Gasteiger partial charge < -0.3 is 0 Å². The van der Waals surface area contributed by atoms with Gasteiger partial charge >= 0.3 is 0 Å². The molecular formula is C5H10NO2S2. The van der Waals surface area contributed by atoms with Crippen LogP contribution in [0.25, 0.3) is 0 Å². The zero-order valence-electron chi connectivity index (χ0n) is 5.75. The van der Waals surface area contributed by atoms with E-state index in [1.54, 1.807) is 0 Å². The topological polar surface area (TPSA) is 46.2 Å². The molecule has 0 spiro atoms. The van der Waals surface area contributed by atoms with Crippen molar-refractivity contribution in [2.24, 2.45) is 0 Å². The third kappa shape index (κ3) is 4.69. The van der Waals surface area contributed by atoms with E-state index >= 15 is 0 Å². The molecule has 0 unspecified atom stereocenters. The van der Waals surface area contributed by atoms with Gasteiger partial charge in [-0.25, -0.2) is 8.42 Å². The van der Waals surface area contributed by atoms with Crippen LogP contribution < -0.4 is 4.72 Å². The van der Waals surface area contributed by atoms with Gasteiger partial charge in [-0.2, -0.15) is 0 Å². The SMILES string of the molecule is CCCCS(=O)(=O)N[C]=S. The molecule has 0 aliphatic heterocycles. The minimum absolute atomic E-state index is 0.132. The van der Waals surface area contributed by atoms with E-state index in [0.717, 1.165) is 6.42 Å². The summed E-state index contributed by atoms with van der Waals surface area (Å²) >= 11 is 4.21. The van der Waals surface area contributed by atoms with Crippen LogP contribution in [0, 0.1) is 0 Å². The lowest BCUT2D eigenvalue weighted by Crippen LogP contribution is -2.23. The Balaban J connectivity index is 3.76. The summed E-state index contributed by atoms with van der Waals surface area (Å²) in [6.07, 6.45) is 1.52. The molecule has 1 radical (unpaired) electrons. The van der Waals surface area contributed by atoms with Crippen LogP contribution in [0.4, 0.5) is 0 Å². The largest absolute Gasteiger partial charge is 0.271 e. The highest BCUT2D eigenvalue weighted by Crippen LogP contribution is 1.91. The van der Waals surface area contributed by atoms with Gasteiger partial charge in [0.1, 0.15) is 5.49 Å². The first-order valence-corrected chi connectivity index (χ1v) is 5.05. The van der Waals surface area contributed by atoms with Crippen molar-refractivity contribution >= 4 is 27.7 Å². The van der Waals surface area contributed by atoms with Gasteiger partial charge in [-0.15, -0.1) is 0 Å². The molecule has 59 valence electrons. The van der Waals surface area contributed by atoms with Crippen molar-refractivity contribution in [3.8, 4) is 0 Å². The van der Waals surface area contributed by atoms with Crippen molar-refractivity contribution in [2.75, 3.05) is 5.75 Å². The Kier molecular flexibility index (Phi) is 4.55. The second-order valence-corrected chi connectivity index (χ2v) is 3.92. The fraction of sp³-hybridized carbons (Fsp3) is 0.800. The van der Waals surface area contributed by atoms with Gasteiger partial charge in [0, 0.05) is 0 Å². The van der Waals surface area contributed by atoms with Crippen LogP contribution in [0.5, 0.6) is 0 Å². The molecule has 0 bridgehead atoms. The van der Waals surface area contributed by atoms with E-state index < -0.39 is 10.0 Å². The molecule has 0 atom stereocenters. The Hall–Kier alpha value is -0.160. The highest BCUT2D eigenvalue weighted by Gasteiger charge is 2.04. The predicted molar refractivity (Wildman–Crippen MR) is 44.4 cm³/mol. The van der Waals surface area contributed by atoms with Gasteiger partial charge in [0.2, 0.25) is 10.0 Å². The van der Waals surface area contributed by atoms with Crippen LogP contribution in [-0.4, -0.2) is 19.7 Å². The van der Waals surface area contributed by atoms with Gasteiger partial charge in [-0.1, -0.05) is 25.6 Å². The maximum Gasteiger partial charge on any atom is 0.233 e. The van der Waals surface area contributed by atoms with E-state index in [0.29, 0.717) is 6.42 Å². The molecule has 0 aromatic heterocycles. The molecule has 0 saturated heterocycles. The van der Waals surface area contributed by atoms with Crippen molar-refractivity contribution in [2.45, 2.75) is 19.8 Å². The van der Waals surface area contributed by atoms with E-state index in [1.807, 2.05) is 17.1 Å². The summed E-state index contributed by atoms with van der Waals surface area (Å²) in [5.74, 6) is 0.132. The fourth-order valence-electron chi connectivity index (χ4n) is 0.449. The third-order valence-electron chi connectivity index (χ3n) is 0.964. The van der Waals surface area contributed by atoms with E-state index in [9.17, 15) is 8.42 Å². The second kappa shape index (κ2) is 4.62. The zero-order valence-corrected chi connectivity index (χ0v) is 7.39. The maximum absolute atomic E-state index is 10.7. The van der Waals surface area contributed by atoms with Crippen LogP contribution >= 0.6 is 12.2 Å². The molecule has 3 nitrogen and oxygen atoms in total. The summed E-state index contributed by atoms with van der Waals surface area (Å²) < 4.78 is 23.5. The molecule has 0 saturated carbocycles. The van der Waals surface area contributed by atoms with Gasteiger partial charge in [0.25, 0.3) is 0 Å². The number of hydrogen-bond donors (Lipinski definition) is 1. The van der Waals surface area contributed by atoms with Crippen LogP contribution in [-0.2, 0) is 10.0 Å². The Morgan fingerprint density at radius 1 is 1.60 bits per heavy atom. The van der Waals surface area contributed by atoms with Gasteiger partial charge in [-0.05, 0) is 6.42 Å². The molecule has 0 fully saturated rings. The molecule has 10 heavy (non-hydrogen) atoms. The lowest BCUT2D eigenvalue weighted by molar-refractivity contribution is 0.590. The fourth-order valence-corrected chi connectivity index (χ4v) is 1.73. The van der Waals surface area contributed by atoms with Crippen LogP contribution in [0.2, 0.25) is 0 Å². The molecule has 0 rings (SSSR count). The van der Waals surface area contributed by atoms with E-state index in [4.69, 9.17) is 0 Å². The monoisotopic (exact) mass is 180 g/mol. The molecule has 5 heteroatoms. The average molecular weight is 180 g/mol. The van der Waals surface area contributed by atoms with Crippen molar-refractivity contribution in [3.63, 3.8) is 0 Å². The number of thiocarbonyl (C=S) groups is 1. The summed E-state index contributed by atoms with van der Waals surface area (Å²) in [7, 11) is -3.16. The molecular weight excluding hydrogens is 170 g/mol. The summed E-state index contributed by atoms with van der Waals surface area (Å²) in [6, 6.07) is 0. The standard InChI is InChI=1S/C5H10NO2S2/c1-2-3-4-10(7,8)6-5-9/h2-4H2,1H3,(H,6,9). The van der Waals surface area contributed by atoms with Crippen molar-refractivity contribution in [3.05, 3.63) is 0 Å².